The summed E-state index contributed by atoms with van der Waals surface area (Å²) in [5.74, 6) is -8.73. The Morgan fingerprint density at radius 1 is 0.959 bits per heavy atom. The van der Waals surface area contributed by atoms with Gasteiger partial charge in [-0.25, -0.2) is 4.90 Å². The summed E-state index contributed by atoms with van der Waals surface area (Å²) < 4.78 is 87.2. The van der Waals surface area contributed by atoms with Crippen molar-refractivity contribution in [2.45, 2.75) is 34.9 Å². The number of hydrogen-bond acceptors (Lipinski definition) is 6. The number of carbonyl (C=O) groups excluding carboxylic acids is 4. The van der Waals surface area contributed by atoms with Crippen molar-refractivity contribution in [3.05, 3.63) is 70.8 Å². The third-order valence-electron chi connectivity index (χ3n) is 9.59. The Kier molecular flexibility index (Phi) is 8.47. The molecule has 0 unspecified atom stereocenters. The molecule has 2 aliphatic heterocycles. The summed E-state index contributed by atoms with van der Waals surface area (Å²) in [5.41, 5.74) is -3.81. The van der Waals surface area contributed by atoms with E-state index in [0.717, 1.165) is 4.90 Å². The van der Waals surface area contributed by atoms with Crippen LogP contribution in [0.5, 0.6) is 11.5 Å². The highest BCUT2D eigenvalue weighted by Gasteiger charge is 2.75. The average Bonchev–Trinajstić information content (AvgIpc) is 3.37. The minimum absolute atomic E-state index is 0.112. The maximum atomic E-state index is 14.1. The molecule has 1 saturated carbocycles. The van der Waals surface area contributed by atoms with E-state index in [1.165, 1.54) is 37.5 Å². The van der Waals surface area contributed by atoms with Gasteiger partial charge in [-0.2, -0.15) is 26.3 Å². The lowest BCUT2D eigenvalue weighted by molar-refractivity contribution is -0.143. The number of aromatic hydroxyl groups is 1. The first-order valence-corrected chi connectivity index (χ1v) is 16.4. The standard InChI is InChI=1S/C32H23BrCl2F6N2O6/c1-49-23-8-14(3-7-22(23)44)2-6-21-18-4-5-19-24(20(18)12-29(34)27(47)42(13-33)28(48)30(21,29)35)26(46)43(25(19)45)17-10-15(31(36,37)38)9-16(11-17)32(39,40)41/h2-4,6-11,19-21,24,44H,5,12-13H2,1H3/t19-,20+,21-,24-,29+,30-/m0/s1. The molecule has 1 N–H and O–H groups in total. The number of phenols is 1. The number of phenolic OH excluding ortho intramolecular Hbond substituents is 1. The van der Waals surface area contributed by atoms with Gasteiger partial charge in [-0.3, -0.25) is 24.1 Å². The number of nitrogens with zero attached hydrogens (tertiary/aromatic N) is 2. The fraction of sp³-hybridized carbons (Fsp3) is 0.375. The number of allylic oxidation sites excluding steroid dienone is 3. The molecule has 0 radical (unpaired) electrons. The van der Waals surface area contributed by atoms with Crippen LogP contribution in [0.3, 0.4) is 0 Å². The Morgan fingerprint density at radius 2 is 1.59 bits per heavy atom. The zero-order valence-electron chi connectivity index (χ0n) is 24.9. The molecule has 2 saturated heterocycles. The smallest absolute Gasteiger partial charge is 0.416 e. The lowest BCUT2D eigenvalue weighted by Crippen LogP contribution is -2.60. The van der Waals surface area contributed by atoms with Gasteiger partial charge in [-0.05, 0) is 54.7 Å². The number of anilines is 1. The summed E-state index contributed by atoms with van der Waals surface area (Å²) in [6.45, 7) is 0. The molecule has 0 spiro atoms. The number of halogens is 9. The molecule has 0 aromatic heterocycles. The molecule has 2 heterocycles. The Labute approximate surface area is 292 Å². The number of carbonyl (C=O) groups is 4. The molecule has 3 fully saturated rings. The highest BCUT2D eigenvalue weighted by atomic mass is 79.9. The molecule has 6 rings (SSSR count). The first-order valence-electron chi connectivity index (χ1n) is 14.5. The van der Waals surface area contributed by atoms with E-state index in [4.69, 9.17) is 27.9 Å². The predicted molar refractivity (Wildman–Crippen MR) is 167 cm³/mol. The van der Waals surface area contributed by atoms with Crippen LogP contribution < -0.4 is 9.64 Å². The van der Waals surface area contributed by atoms with Gasteiger partial charge in [0.1, 0.15) is 0 Å². The number of hydrogen-bond donors (Lipinski definition) is 1. The van der Waals surface area contributed by atoms with Gasteiger partial charge in [0.25, 0.3) is 11.8 Å². The number of likely N-dealkylation sites (tertiary alicyclic amines) is 1. The fourth-order valence-electron chi connectivity index (χ4n) is 7.33. The second-order valence-electron chi connectivity index (χ2n) is 12.1. The van der Waals surface area contributed by atoms with Crippen LogP contribution in [0, 0.1) is 23.7 Å². The predicted octanol–water partition coefficient (Wildman–Crippen LogP) is 6.90. The topological polar surface area (TPSA) is 104 Å². The minimum atomic E-state index is -5.24. The monoisotopic (exact) mass is 794 g/mol. The van der Waals surface area contributed by atoms with Gasteiger partial charge in [-0.1, -0.05) is 45.8 Å². The minimum Gasteiger partial charge on any atom is -0.504 e. The number of rotatable bonds is 5. The number of alkyl halides is 9. The van der Waals surface area contributed by atoms with Crippen LogP contribution in [-0.2, 0) is 31.5 Å². The number of ether oxygens (including phenoxy) is 1. The van der Waals surface area contributed by atoms with E-state index in [-0.39, 0.29) is 29.4 Å². The summed E-state index contributed by atoms with van der Waals surface area (Å²) >= 11 is 17.3. The first-order chi connectivity index (χ1) is 22.8. The molecule has 2 aromatic carbocycles. The van der Waals surface area contributed by atoms with Gasteiger partial charge in [-0.15, -0.1) is 23.2 Å². The maximum absolute atomic E-state index is 14.1. The Bertz CT molecular complexity index is 1840. The number of imide groups is 2. The quantitative estimate of drug-likeness (QED) is 0.116. The van der Waals surface area contributed by atoms with Crippen LogP contribution in [0.15, 0.2) is 54.1 Å². The third-order valence-corrected chi connectivity index (χ3v) is 11.5. The van der Waals surface area contributed by atoms with Gasteiger partial charge in [0.05, 0.1) is 41.2 Å². The molecule has 2 aromatic rings. The molecule has 4 amide bonds. The van der Waals surface area contributed by atoms with Gasteiger partial charge >= 0.3 is 12.4 Å². The van der Waals surface area contributed by atoms with Crippen molar-refractivity contribution in [3.8, 4) is 11.5 Å². The Balaban J connectivity index is 1.47. The van der Waals surface area contributed by atoms with Crippen molar-refractivity contribution in [2.24, 2.45) is 23.7 Å². The Morgan fingerprint density at radius 3 is 2.16 bits per heavy atom. The van der Waals surface area contributed by atoms with Crippen molar-refractivity contribution in [1.29, 1.82) is 0 Å². The second kappa shape index (κ2) is 11.8. The van der Waals surface area contributed by atoms with E-state index in [1.54, 1.807) is 6.08 Å². The average molecular weight is 796 g/mol. The molecule has 260 valence electrons. The molecular weight excluding hydrogens is 773 g/mol. The SMILES string of the molecule is COc1cc(C=C[C@H]2C3=CC[C@@H]4C(=O)N(c5cc(C(F)(F)F)cc(C(F)(F)F)c5)C(=O)[C@@H]4[C@@H]3C[C@@]3(Cl)C(=O)N(CBr)C(=O)[C@@]23Cl)ccc1O. The van der Waals surface area contributed by atoms with Crippen LogP contribution in [0.2, 0.25) is 0 Å². The zero-order valence-corrected chi connectivity index (χ0v) is 28.0. The van der Waals surface area contributed by atoms with Gasteiger partial charge in [0, 0.05) is 5.92 Å². The van der Waals surface area contributed by atoms with E-state index in [1.807, 2.05) is 0 Å². The molecule has 2 aliphatic carbocycles. The van der Waals surface area contributed by atoms with Crippen LogP contribution >= 0.6 is 39.1 Å². The van der Waals surface area contributed by atoms with Gasteiger partial charge < -0.3 is 9.84 Å². The highest BCUT2D eigenvalue weighted by molar-refractivity contribution is 9.09. The lowest BCUT2D eigenvalue weighted by Gasteiger charge is -2.49. The highest BCUT2D eigenvalue weighted by Crippen LogP contribution is 2.63. The summed E-state index contributed by atoms with van der Waals surface area (Å²) in [6.07, 6.45) is -6.54. The first kappa shape index (κ1) is 35.3. The van der Waals surface area contributed by atoms with Crippen LogP contribution in [-0.4, -0.2) is 55.9 Å². The van der Waals surface area contributed by atoms with Crippen molar-refractivity contribution < 1.29 is 55.4 Å². The van der Waals surface area contributed by atoms with Crippen molar-refractivity contribution in [2.75, 3.05) is 17.5 Å². The zero-order chi connectivity index (χ0) is 36.0. The van der Waals surface area contributed by atoms with E-state index < -0.39 is 92.6 Å². The number of benzene rings is 2. The summed E-state index contributed by atoms with van der Waals surface area (Å²) in [5, 5.41) is 10.0. The third kappa shape index (κ3) is 5.25. The molecule has 17 heteroatoms. The molecule has 4 aliphatic rings. The van der Waals surface area contributed by atoms with Crippen LogP contribution in [0.1, 0.15) is 29.5 Å². The van der Waals surface area contributed by atoms with Crippen molar-refractivity contribution in [1.82, 2.24) is 4.90 Å². The number of fused-ring (bicyclic) bond motifs is 4. The summed E-state index contributed by atoms with van der Waals surface area (Å²) in [7, 11) is 1.33. The lowest BCUT2D eigenvalue weighted by atomic mass is 9.57. The van der Waals surface area contributed by atoms with E-state index >= 15 is 0 Å². The molecule has 6 atom stereocenters. The van der Waals surface area contributed by atoms with E-state index in [2.05, 4.69) is 15.9 Å². The Hall–Kier alpha value is -3.56. The van der Waals surface area contributed by atoms with E-state index in [9.17, 15) is 50.6 Å². The fourth-order valence-corrected chi connectivity index (χ4v) is 8.71. The van der Waals surface area contributed by atoms with Gasteiger partial charge in [0.15, 0.2) is 21.2 Å². The van der Waals surface area contributed by atoms with Crippen molar-refractivity contribution in [3.63, 3.8) is 0 Å². The molecule has 0 bridgehead atoms. The largest absolute Gasteiger partial charge is 0.504 e. The van der Waals surface area contributed by atoms with Gasteiger partial charge in [0.2, 0.25) is 11.8 Å². The number of methoxy groups -OCH3 is 1. The summed E-state index contributed by atoms with van der Waals surface area (Å²) in [4.78, 5) is 52.1. The number of amides is 4. The maximum Gasteiger partial charge on any atom is 0.416 e. The molecule has 49 heavy (non-hydrogen) atoms. The normalized spacial score (nSPS) is 30.1. The van der Waals surface area contributed by atoms with Crippen molar-refractivity contribution >= 4 is 74.5 Å². The molecule has 8 nitrogen and oxygen atoms in total. The van der Waals surface area contributed by atoms with Crippen LogP contribution in [0.25, 0.3) is 6.08 Å². The van der Waals surface area contributed by atoms with E-state index in [0.29, 0.717) is 28.2 Å². The molecular formula is C32H23BrCl2F6N2O6. The second-order valence-corrected chi connectivity index (χ2v) is 13.8. The summed E-state index contributed by atoms with van der Waals surface area (Å²) in [6, 6.07) is 4.83. The van der Waals surface area contributed by atoms with Crippen LogP contribution in [0.4, 0.5) is 32.0 Å².